The molecule has 0 spiro atoms. The number of piperidine rings is 2. The lowest BCUT2D eigenvalue weighted by Crippen LogP contribution is -2.46. The van der Waals surface area contributed by atoms with Crippen LogP contribution in [0.1, 0.15) is 37.8 Å². The van der Waals surface area contributed by atoms with Gasteiger partial charge in [-0.3, -0.25) is 24.5 Å². The third-order valence-corrected chi connectivity index (χ3v) is 9.16. The number of hydrogen-bond donors (Lipinski definition) is 3. The average Bonchev–Trinajstić information content (AvgIpc) is 3.37. The minimum Gasteiger partial charge on any atom is -0.382 e. The molecule has 4 aromatic rings. The van der Waals surface area contributed by atoms with Crippen molar-refractivity contribution >= 4 is 69.2 Å². The van der Waals surface area contributed by atoms with Gasteiger partial charge in [-0.15, -0.1) is 0 Å². The largest absolute Gasteiger partial charge is 0.382 e. The van der Waals surface area contributed by atoms with Gasteiger partial charge in [-0.2, -0.15) is 10.1 Å². The predicted octanol–water partition coefficient (Wildman–Crippen LogP) is 4.73. The van der Waals surface area contributed by atoms with E-state index in [0.717, 1.165) is 47.5 Å². The number of anilines is 5. The Balaban J connectivity index is 1.12. The molecule has 2 aromatic carbocycles. The molecule has 13 nitrogen and oxygen atoms in total. The molecule has 0 bridgehead atoms. The minimum atomic E-state index is -0.434. The number of nitrogens with one attached hydrogen (secondary N) is 3. The highest BCUT2D eigenvalue weighted by Gasteiger charge is 2.32. The Morgan fingerprint density at radius 1 is 1.09 bits per heavy atom. The van der Waals surface area contributed by atoms with Crippen LogP contribution in [0.3, 0.4) is 0 Å². The zero-order valence-corrected chi connectivity index (χ0v) is 27.9. The maximum Gasteiger partial charge on any atom is 0.323 e. The second kappa shape index (κ2) is 13.1. The molecular formula is C33H39ClN10O3. The first-order valence-electron chi connectivity index (χ1n) is 15.6. The molecule has 4 amide bonds. The van der Waals surface area contributed by atoms with E-state index in [1.54, 1.807) is 36.9 Å². The summed E-state index contributed by atoms with van der Waals surface area (Å²) in [5, 5.41) is 15.4. The summed E-state index contributed by atoms with van der Waals surface area (Å²) in [6.07, 6.45) is 3.26. The summed E-state index contributed by atoms with van der Waals surface area (Å²) in [7, 11) is 7.03. The van der Waals surface area contributed by atoms with Crippen molar-refractivity contribution in [3.63, 3.8) is 0 Å². The van der Waals surface area contributed by atoms with E-state index in [2.05, 4.69) is 43.9 Å². The van der Waals surface area contributed by atoms with Crippen molar-refractivity contribution in [2.75, 3.05) is 54.7 Å². The summed E-state index contributed by atoms with van der Waals surface area (Å²) in [6.45, 7) is 3.71. The number of halogens is 1. The van der Waals surface area contributed by atoms with Crippen molar-refractivity contribution in [3.05, 3.63) is 59.4 Å². The first-order valence-corrected chi connectivity index (χ1v) is 16.0. The zero-order chi connectivity index (χ0) is 33.4. The van der Waals surface area contributed by atoms with Crippen LogP contribution in [0.15, 0.2) is 48.7 Å². The normalized spacial score (nSPS) is 19.8. The molecule has 3 N–H and O–H groups in total. The smallest absolute Gasteiger partial charge is 0.323 e. The number of carbonyl (C=O) groups excluding carboxylic acids is 3. The number of aryl methyl sites for hydroxylation is 1. The number of rotatable bonds is 7. The number of imide groups is 1. The van der Waals surface area contributed by atoms with Gasteiger partial charge in [-0.1, -0.05) is 24.6 Å². The van der Waals surface area contributed by atoms with E-state index in [1.165, 1.54) is 4.90 Å². The lowest BCUT2D eigenvalue weighted by atomic mass is 9.92. The van der Waals surface area contributed by atoms with Crippen LogP contribution < -0.4 is 25.8 Å². The summed E-state index contributed by atoms with van der Waals surface area (Å²) in [5.74, 6) is 0.410. The lowest BCUT2D eigenvalue weighted by Gasteiger charge is -2.37. The molecule has 246 valence electrons. The van der Waals surface area contributed by atoms with Gasteiger partial charge < -0.3 is 20.4 Å². The Kier molecular flexibility index (Phi) is 8.91. The maximum atomic E-state index is 12.5. The Bertz CT molecular complexity index is 1840. The van der Waals surface area contributed by atoms with E-state index in [9.17, 15) is 14.4 Å². The third-order valence-electron chi connectivity index (χ3n) is 8.89. The zero-order valence-electron chi connectivity index (χ0n) is 27.1. The molecule has 0 saturated carbocycles. The summed E-state index contributed by atoms with van der Waals surface area (Å²) in [5.41, 5.74) is 4.10. The van der Waals surface area contributed by atoms with Crippen LogP contribution in [-0.2, 0) is 16.6 Å². The first-order chi connectivity index (χ1) is 22.5. The Labute approximate surface area is 278 Å². The molecule has 47 heavy (non-hydrogen) atoms. The van der Waals surface area contributed by atoms with Gasteiger partial charge >= 0.3 is 6.03 Å². The number of carbonyl (C=O) groups is 3. The molecule has 1 unspecified atom stereocenters. The number of urea groups is 1. The van der Waals surface area contributed by atoms with E-state index in [4.69, 9.17) is 16.6 Å². The van der Waals surface area contributed by atoms with Crippen molar-refractivity contribution in [3.8, 4) is 0 Å². The maximum absolute atomic E-state index is 12.5. The van der Waals surface area contributed by atoms with E-state index < -0.39 is 5.92 Å². The fourth-order valence-electron chi connectivity index (χ4n) is 6.28. The van der Waals surface area contributed by atoms with Gasteiger partial charge in [0.05, 0.1) is 23.3 Å². The number of amides is 4. The van der Waals surface area contributed by atoms with Crippen molar-refractivity contribution in [2.45, 2.75) is 38.1 Å². The van der Waals surface area contributed by atoms with Gasteiger partial charge in [0.15, 0.2) is 5.82 Å². The van der Waals surface area contributed by atoms with Gasteiger partial charge in [-0.05, 0) is 55.2 Å². The van der Waals surface area contributed by atoms with Gasteiger partial charge in [0, 0.05) is 76.2 Å². The first kappa shape index (κ1) is 32.0. The third kappa shape index (κ3) is 6.66. The molecule has 6 rings (SSSR count). The van der Waals surface area contributed by atoms with Crippen LogP contribution in [0.25, 0.3) is 10.9 Å². The van der Waals surface area contributed by atoms with Gasteiger partial charge in [0.1, 0.15) is 5.02 Å². The van der Waals surface area contributed by atoms with E-state index >= 15 is 0 Å². The summed E-state index contributed by atoms with van der Waals surface area (Å²) >= 11 is 6.51. The number of hydrogen-bond acceptors (Lipinski definition) is 9. The van der Waals surface area contributed by atoms with Crippen LogP contribution in [-0.4, -0.2) is 82.8 Å². The number of fused-ring (bicyclic) bond motifs is 1. The average molecular weight is 659 g/mol. The van der Waals surface area contributed by atoms with E-state index in [1.807, 2.05) is 43.4 Å². The predicted molar refractivity (Wildman–Crippen MR) is 183 cm³/mol. The number of aromatic nitrogens is 4. The second-order valence-electron chi connectivity index (χ2n) is 12.5. The minimum absolute atomic E-state index is 0.132. The Morgan fingerprint density at radius 3 is 2.64 bits per heavy atom. The highest BCUT2D eigenvalue weighted by atomic mass is 35.5. The molecule has 0 radical (unpaired) electrons. The van der Waals surface area contributed by atoms with E-state index in [0.29, 0.717) is 35.3 Å². The molecule has 14 heteroatoms. The Morgan fingerprint density at radius 2 is 1.89 bits per heavy atom. The van der Waals surface area contributed by atoms with Crippen molar-refractivity contribution < 1.29 is 14.4 Å². The summed E-state index contributed by atoms with van der Waals surface area (Å²) in [6, 6.07) is 13.7. The quantitative estimate of drug-likeness (QED) is 0.241. The molecule has 2 fully saturated rings. The van der Waals surface area contributed by atoms with E-state index in [-0.39, 0.29) is 29.8 Å². The molecule has 2 aromatic heterocycles. The van der Waals surface area contributed by atoms with Crippen LogP contribution >= 0.6 is 11.6 Å². The van der Waals surface area contributed by atoms with Crippen LogP contribution in [0.2, 0.25) is 5.02 Å². The fraction of sp³-hybridized carbons (Fsp3) is 0.394. The molecule has 2 aliphatic heterocycles. The topological polar surface area (TPSA) is 141 Å². The van der Waals surface area contributed by atoms with Crippen molar-refractivity contribution in [1.29, 1.82) is 0 Å². The van der Waals surface area contributed by atoms with Crippen LogP contribution in [0.5, 0.6) is 0 Å². The summed E-state index contributed by atoms with van der Waals surface area (Å²) < 4.78 is 1.80. The van der Waals surface area contributed by atoms with Crippen LogP contribution in [0, 0.1) is 5.92 Å². The number of benzene rings is 2. The van der Waals surface area contributed by atoms with Crippen molar-refractivity contribution in [1.82, 2.24) is 30.0 Å². The van der Waals surface area contributed by atoms with Gasteiger partial charge in [0.2, 0.25) is 17.8 Å². The standard InChI is InChI=1S/C33H39ClN10O3/c1-19-18-44(32-35-17-25(34)30(39-32)37-20-7-6-8-22(15-20)42(4)33(47)41(2)3)14-13-26(19)36-21-9-10-23-27(16-21)43(5)40-29(23)24-11-12-28(45)38-31(24)46/h6-10,15-17,19,24,26,36H,11-14,18H2,1-5H3,(H,35,37,39)(H,38,45,46)/t19-,24?,26-/m1/s1. The summed E-state index contributed by atoms with van der Waals surface area (Å²) in [4.78, 5) is 51.2. The van der Waals surface area contributed by atoms with Crippen LogP contribution in [0.4, 0.5) is 33.6 Å². The molecule has 3 atom stereocenters. The highest BCUT2D eigenvalue weighted by Crippen LogP contribution is 2.33. The lowest BCUT2D eigenvalue weighted by molar-refractivity contribution is -0.134. The Hall–Kier alpha value is -4.91. The molecule has 4 heterocycles. The SMILES string of the molecule is C[C@@H]1CN(c2ncc(Cl)c(Nc3cccc(N(C)C(=O)N(C)C)c3)n2)CC[C@H]1Nc1ccc2c(C3CCC(=O)NC3=O)nn(C)c2c1. The monoisotopic (exact) mass is 658 g/mol. The highest BCUT2D eigenvalue weighted by molar-refractivity contribution is 6.32. The number of nitrogens with zero attached hydrogens (tertiary/aromatic N) is 7. The van der Waals surface area contributed by atoms with Crippen molar-refractivity contribution in [2.24, 2.45) is 13.0 Å². The fourth-order valence-corrected chi connectivity index (χ4v) is 6.42. The molecule has 2 saturated heterocycles. The molecule has 2 aliphatic rings. The molecular weight excluding hydrogens is 620 g/mol. The van der Waals surface area contributed by atoms with Gasteiger partial charge in [0.25, 0.3) is 0 Å². The molecule has 0 aliphatic carbocycles. The van der Waals surface area contributed by atoms with Gasteiger partial charge in [-0.25, -0.2) is 9.78 Å². The second-order valence-corrected chi connectivity index (χ2v) is 12.9.